The van der Waals surface area contributed by atoms with E-state index >= 15 is 0 Å². The van der Waals surface area contributed by atoms with E-state index in [4.69, 9.17) is 9.84 Å². The topological polar surface area (TPSA) is 89.2 Å². The molecule has 4 aromatic rings. The fourth-order valence-corrected chi connectivity index (χ4v) is 3.86. The standard InChI is InChI=1S/C19H22N8O/c1-12-9-22-25(3)18(12)14-8-17(26-6-7-28-11-13(26)2)24-27-16(14)10-20-19(27)15-4-5-21-23-15/h4-5,8-10,13H,6-7,11H2,1-3H3,(H,21,23)/t13-/m1/s1. The minimum atomic E-state index is 0.248. The fourth-order valence-electron chi connectivity index (χ4n) is 3.86. The van der Waals surface area contributed by atoms with Crippen molar-refractivity contribution in [3.8, 4) is 22.8 Å². The monoisotopic (exact) mass is 378 g/mol. The molecule has 1 atom stereocenters. The SMILES string of the molecule is Cc1cnn(C)c1-c1cc(N2CCOC[C@H]2C)nn2c(-c3ccn[nH]3)ncc12. The fraction of sp³-hybridized carbons (Fsp3) is 0.368. The van der Waals surface area contributed by atoms with Gasteiger partial charge in [0.05, 0.1) is 42.9 Å². The van der Waals surface area contributed by atoms with Crippen LogP contribution >= 0.6 is 0 Å². The third-order valence-electron chi connectivity index (χ3n) is 5.27. The number of rotatable bonds is 3. The summed E-state index contributed by atoms with van der Waals surface area (Å²) in [6, 6.07) is 4.29. The lowest BCUT2D eigenvalue weighted by molar-refractivity contribution is 0.0984. The van der Waals surface area contributed by atoms with Crippen LogP contribution < -0.4 is 4.90 Å². The van der Waals surface area contributed by atoms with Crippen LogP contribution in [0.4, 0.5) is 5.82 Å². The summed E-state index contributed by atoms with van der Waals surface area (Å²) in [5, 5.41) is 16.4. The van der Waals surface area contributed by atoms with Crippen molar-refractivity contribution in [3.63, 3.8) is 0 Å². The molecule has 9 heteroatoms. The van der Waals surface area contributed by atoms with Gasteiger partial charge in [0.15, 0.2) is 11.6 Å². The number of hydrogen-bond donors (Lipinski definition) is 1. The summed E-state index contributed by atoms with van der Waals surface area (Å²) in [5.41, 5.74) is 4.99. The summed E-state index contributed by atoms with van der Waals surface area (Å²) in [6.45, 7) is 6.42. The molecule has 9 nitrogen and oxygen atoms in total. The highest BCUT2D eigenvalue weighted by Crippen LogP contribution is 2.32. The van der Waals surface area contributed by atoms with Gasteiger partial charge in [0.25, 0.3) is 0 Å². The lowest BCUT2D eigenvalue weighted by Gasteiger charge is -2.34. The molecule has 0 aliphatic carbocycles. The summed E-state index contributed by atoms with van der Waals surface area (Å²) in [6.07, 6.45) is 5.46. The van der Waals surface area contributed by atoms with Crippen molar-refractivity contribution in [3.05, 3.63) is 36.3 Å². The maximum atomic E-state index is 5.61. The van der Waals surface area contributed by atoms with Crippen LogP contribution in [0.1, 0.15) is 12.5 Å². The lowest BCUT2D eigenvalue weighted by Crippen LogP contribution is -2.44. The van der Waals surface area contributed by atoms with Crippen molar-refractivity contribution in [2.45, 2.75) is 19.9 Å². The minimum absolute atomic E-state index is 0.248. The molecule has 5 rings (SSSR count). The number of nitrogens with zero attached hydrogens (tertiary/aromatic N) is 7. The van der Waals surface area contributed by atoms with E-state index in [-0.39, 0.29) is 6.04 Å². The van der Waals surface area contributed by atoms with Crippen molar-refractivity contribution in [1.29, 1.82) is 0 Å². The summed E-state index contributed by atoms with van der Waals surface area (Å²) < 4.78 is 9.41. The zero-order chi connectivity index (χ0) is 19.3. The van der Waals surface area contributed by atoms with E-state index in [9.17, 15) is 0 Å². The molecule has 0 saturated carbocycles. The molecule has 0 bridgehead atoms. The molecule has 0 spiro atoms. The Balaban J connectivity index is 1.78. The molecule has 1 fully saturated rings. The number of anilines is 1. The summed E-state index contributed by atoms with van der Waals surface area (Å²) in [7, 11) is 1.96. The first-order valence-corrected chi connectivity index (χ1v) is 9.35. The molecule has 1 saturated heterocycles. The van der Waals surface area contributed by atoms with Gasteiger partial charge in [-0.15, -0.1) is 5.10 Å². The van der Waals surface area contributed by atoms with Crippen LogP contribution in [0.2, 0.25) is 0 Å². The van der Waals surface area contributed by atoms with Crippen molar-refractivity contribution >= 4 is 11.3 Å². The van der Waals surface area contributed by atoms with Gasteiger partial charge < -0.3 is 9.64 Å². The van der Waals surface area contributed by atoms with Crippen LogP contribution in [0, 0.1) is 6.92 Å². The molecule has 28 heavy (non-hydrogen) atoms. The van der Waals surface area contributed by atoms with Gasteiger partial charge in [-0.1, -0.05) is 0 Å². The van der Waals surface area contributed by atoms with Crippen LogP contribution in [0.25, 0.3) is 28.3 Å². The highest BCUT2D eigenvalue weighted by molar-refractivity contribution is 5.83. The molecule has 0 amide bonds. The molecular formula is C19H22N8O. The molecule has 4 aromatic heterocycles. The summed E-state index contributed by atoms with van der Waals surface area (Å²) in [5.74, 6) is 1.63. The molecule has 0 unspecified atom stereocenters. The third kappa shape index (κ3) is 2.58. The Bertz CT molecular complexity index is 1110. The third-order valence-corrected chi connectivity index (χ3v) is 5.27. The Morgan fingerprint density at radius 3 is 2.89 bits per heavy atom. The molecule has 0 radical (unpaired) electrons. The Morgan fingerprint density at radius 2 is 2.18 bits per heavy atom. The quantitative estimate of drug-likeness (QED) is 0.587. The average Bonchev–Trinajstić information content (AvgIpc) is 3.42. The Kier molecular flexibility index (Phi) is 3.90. The number of fused-ring (bicyclic) bond motifs is 1. The molecule has 144 valence electrons. The van der Waals surface area contributed by atoms with E-state index < -0.39 is 0 Å². The van der Waals surface area contributed by atoms with Crippen LogP contribution in [0.15, 0.2) is 30.7 Å². The van der Waals surface area contributed by atoms with E-state index in [1.807, 2.05) is 34.7 Å². The molecule has 1 aliphatic rings. The first kappa shape index (κ1) is 16.9. The normalized spacial score (nSPS) is 17.5. The highest BCUT2D eigenvalue weighted by Gasteiger charge is 2.24. The Hall–Kier alpha value is -3.20. The van der Waals surface area contributed by atoms with Gasteiger partial charge in [0.1, 0.15) is 5.69 Å². The number of nitrogens with one attached hydrogen (secondary N) is 1. The minimum Gasteiger partial charge on any atom is -0.377 e. The van der Waals surface area contributed by atoms with Crippen molar-refractivity contribution < 1.29 is 4.74 Å². The average molecular weight is 378 g/mol. The van der Waals surface area contributed by atoms with Gasteiger partial charge >= 0.3 is 0 Å². The molecule has 5 heterocycles. The largest absolute Gasteiger partial charge is 0.377 e. The second kappa shape index (κ2) is 6.45. The van der Waals surface area contributed by atoms with Crippen LogP contribution in [0.3, 0.4) is 0 Å². The van der Waals surface area contributed by atoms with E-state index in [1.54, 1.807) is 6.20 Å². The van der Waals surface area contributed by atoms with Crippen LogP contribution in [-0.2, 0) is 11.8 Å². The first-order valence-electron chi connectivity index (χ1n) is 9.35. The maximum Gasteiger partial charge on any atom is 0.179 e. The number of hydrogen-bond acceptors (Lipinski definition) is 6. The summed E-state index contributed by atoms with van der Waals surface area (Å²) in [4.78, 5) is 6.92. The zero-order valence-corrected chi connectivity index (χ0v) is 16.1. The molecule has 1 N–H and O–H groups in total. The van der Waals surface area contributed by atoms with Gasteiger partial charge in [0.2, 0.25) is 0 Å². The van der Waals surface area contributed by atoms with E-state index in [0.29, 0.717) is 13.2 Å². The zero-order valence-electron chi connectivity index (χ0n) is 16.1. The number of aromatic amines is 1. The van der Waals surface area contributed by atoms with E-state index in [1.165, 1.54) is 0 Å². The van der Waals surface area contributed by atoms with Crippen molar-refractivity contribution in [1.82, 2.24) is 34.6 Å². The highest BCUT2D eigenvalue weighted by atomic mass is 16.5. The van der Waals surface area contributed by atoms with Crippen molar-refractivity contribution in [2.75, 3.05) is 24.7 Å². The van der Waals surface area contributed by atoms with Gasteiger partial charge in [-0.05, 0) is 31.5 Å². The Morgan fingerprint density at radius 1 is 1.29 bits per heavy atom. The van der Waals surface area contributed by atoms with E-state index in [0.717, 1.165) is 46.2 Å². The van der Waals surface area contributed by atoms with Gasteiger partial charge in [-0.2, -0.15) is 10.2 Å². The van der Waals surface area contributed by atoms with Gasteiger partial charge in [-0.3, -0.25) is 9.78 Å². The number of ether oxygens (including phenoxy) is 1. The number of morpholine rings is 1. The lowest BCUT2D eigenvalue weighted by atomic mass is 10.1. The van der Waals surface area contributed by atoms with Crippen LogP contribution in [-0.4, -0.2) is 60.4 Å². The smallest absolute Gasteiger partial charge is 0.179 e. The summed E-state index contributed by atoms with van der Waals surface area (Å²) >= 11 is 0. The van der Waals surface area contributed by atoms with Crippen LogP contribution in [0.5, 0.6) is 0 Å². The predicted octanol–water partition coefficient (Wildman–Crippen LogP) is 2.05. The number of imidazole rings is 1. The second-order valence-electron chi connectivity index (χ2n) is 7.18. The molecule has 0 aromatic carbocycles. The van der Waals surface area contributed by atoms with Gasteiger partial charge in [-0.25, -0.2) is 9.50 Å². The van der Waals surface area contributed by atoms with E-state index in [2.05, 4.69) is 45.1 Å². The second-order valence-corrected chi connectivity index (χ2v) is 7.18. The number of aromatic nitrogens is 7. The molecular weight excluding hydrogens is 356 g/mol. The van der Waals surface area contributed by atoms with Crippen molar-refractivity contribution in [2.24, 2.45) is 7.05 Å². The van der Waals surface area contributed by atoms with Gasteiger partial charge in [0, 0.05) is 25.4 Å². The first-order chi connectivity index (χ1) is 13.6. The number of aryl methyl sites for hydroxylation is 2. The number of H-pyrrole nitrogens is 1. The Labute approximate surface area is 161 Å². The maximum absolute atomic E-state index is 5.61. The molecule has 1 aliphatic heterocycles. The predicted molar refractivity (Wildman–Crippen MR) is 105 cm³/mol.